The summed E-state index contributed by atoms with van der Waals surface area (Å²) in [5, 5.41) is 0. The molecule has 2 bridgehead atoms. The van der Waals surface area contributed by atoms with Gasteiger partial charge in [-0.3, -0.25) is 9.69 Å². The first-order chi connectivity index (χ1) is 11.3. The topological polar surface area (TPSA) is 65.1 Å². The Bertz CT molecular complexity index is 548. The van der Waals surface area contributed by atoms with Crippen LogP contribution in [0.4, 0.5) is 4.79 Å². The number of rotatable bonds is 6. The maximum Gasteiger partial charge on any atom is 0.410 e. The van der Waals surface area contributed by atoms with E-state index in [4.69, 9.17) is 14.2 Å². The number of carbonyl (C=O) groups is 2. The van der Waals surface area contributed by atoms with Crippen LogP contribution in [0.1, 0.15) is 20.8 Å². The monoisotopic (exact) mass is 335 g/mol. The van der Waals surface area contributed by atoms with E-state index in [2.05, 4.69) is 13.2 Å². The Morgan fingerprint density at radius 3 is 2.46 bits per heavy atom. The summed E-state index contributed by atoms with van der Waals surface area (Å²) < 4.78 is 16.4. The standard InChI is InChI=1S/C18H25NO5/c1-6-10-19(17(21)24-18(3,4)5)15-13-9-8-12(23-13)14(15)16(20)22-11-7-2/h6-9,12-15H,1-2,10-11H2,3-5H3/t12-,13+,14+,15+/m0/s1. The minimum absolute atomic E-state index is 0.122. The van der Waals surface area contributed by atoms with Crippen molar-refractivity contribution in [1.82, 2.24) is 4.90 Å². The third-order valence-corrected chi connectivity index (χ3v) is 3.79. The number of fused-ring (bicyclic) bond motifs is 2. The molecule has 6 heteroatoms. The van der Waals surface area contributed by atoms with Crippen LogP contribution in [0.25, 0.3) is 0 Å². The Hall–Kier alpha value is -2.08. The van der Waals surface area contributed by atoms with E-state index in [0.29, 0.717) is 0 Å². The largest absolute Gasteiger partial charge is 0.461 e. The lowest BCUT2D eigenvalue weighted by molar-refractivity contribution is -0.149. The van der Waals surface area contributed by atoms with Gasteiger partial charge in [-0.25, -0.2) is 4.79 Å². The lowest BCUT2D eigenvalue weighted by Gasteiger charge is -2.35. The number of nitrogens with zero attached hydrogens (tertiary/aromatic N) is 1. The van der Waals surface area contributed by atoms with Crippen molar-refractivity contribution in [2.24, 2.45) is 5.92 Å². The number of carbonyl (C=O) groups excluding carboxylic acids is 2. The zero-order valence-electron chi connectivity index (χ0n) is 14.4. The summed E-state index contributed by atoms with van der Waals surface area (Å²) in [5.74, 6) is -0.998. The number of ether oxygens (including phenoxy) is 3. The molecule has 0 N–H and O–H groups in total. The van der Waals surface area contributed by atoms with Crippen LogP contribution in [0.15, 0.2) is 37.5 Å². The first-order valence-corrected chi connectivity index (χ1v) is 8.00. The smallest absolute Gasteiger partial charge is 0.410 e. The van der Waals surface area contributed by atoms with Gasteiger partial charge in [-0.1, -0.05) is 30.9 Å². The van der Waals surface area contributed by atoms with Crippen LogP contribution in [0.3, 0.4) is 0 Å². The van der Waals surface area contributed by atoms with Crippen molar-refractivity contribution in [3.05, 3.63) is 37.5 Å². The third kappa shape index (κ3) is 3.87. The summed E-state index contributed by atoms with van der Waals surface area (Å²) in [5.41, 5.74) is -0.635. The SMILES string of the molecule is C=CCOC(=O)[C@H]1[C@H](N(CC=C)C(=O)OC(C)(C)C)[C@H]2C=C[C@@H]1O2. The highest BCUT2D eigenvalue weighted by Gasteiger charge is 2.54. The zero-order valence-corrected chi connectivity index (χ0v) is 14.4. The second-order valence-corrected chi connectivity index (χ2v) is 6.81. The molecule has 1 amide bonds. The van der Waals surface area contributed by atoms with E-state index in [1.165, 1.54) is 11.0 Å². The molecule has 2 aliphatic rings. The Balaban J connectivity index is 2.24. The maximum absolute atomic E-state index is 12.6. The van der Waals surface area contributed by atoms with Gasteiger partial charge >= 0.3 is 12.1 Å². The first-order valence-electron chi connectivity index (χ1n) is 8.00. The summed E-state index contributed by atoms with van der Waals surface area (Å²) in [4.78, 5) is 26.5. The van der Waals surface area contributed by atoms with Crippen molar-refractivity contribution >= 4 is 12.1 Å². The molecule has 0 saturated carbocycles. The van der Waals surface area contributed by atoms with Gasteiger partial charge < -0.3 is 14.2 Å². The van der Waals surface area contributed by atoms with Gasteiger partial charge in [0.15, 0.2) is 0 Å². The molecule has 0 spiro atoms. The molecule has 1 fully saturated rings. The Morgan fingerprint density at radius 2 is 1.88 bits per heavy atom. The van der Waals surface area contributed by atoms with Crippen LogP contribution in [0.2, 0.25) is 0 Å². The highest BCUT2D eigenvalue weighted by molar-refractivity contribution is 5.78. The van der Waals surface area contributed by atoms with Crippen LogP contribution in [-0.2, 0) is 19.0 Å². The molecule has 24 heavy (non-hydrogen) atoms. The minimum atomic E-state index is -0.635. The summed E-state index contributed by atoms with van der Waals surface area (Å²) in [6.45, 7) is 13.0. The predicted octanol–water partition coefficient (Wildman–Crippen LogP) is 2.46. The van der Waals surface area contributed by atoms with Crippen LogP contribution in [0, 0.1) is 5.92 Å². The van der Waals surface area contributed by atoms with Crippen molar-refractivity contribution in [2.75, 3.05) is 13.2 Å². The number of esters is 1. The highest BCUT2D eigenvalue weighted by Crippen LogP contribution is 2.38. The number of amides is 1. The normalized spacial score (nSPS) is 27.6. The Morgan fingerprint density at radius 1 is 1.21 bits per heavy atom. The molecule has 0 aromatic rings. The molecule has 0 radical (unpaired) electrons. The fourth-order valence-electron chi connectivity index (χ4n) is 2.95. The van der Waals surface area contributed by atoms with Crippen molar-refractivity contribution in [2.45, 2.75) is 44.6 Å². The van der Waals surface area contributed by atoms with Gasteiger partial charge in [0.25, 0.3) is 0 Å². The molecule has 132 valence electrons. The molecule has 2 heterocycles. The minimum Gasteiger partial charge on any atom is -0.461 e. The second kappa shape index (κ2) is 7.21. The van der Waals surface area contributed by atoms with Crippen molar-refractivity contribution in [3.63, 3.8) is 0 Å². The van der Waals surface area contributed by atoms with E-state index in [1.54, 1.807) is 26.8 Å². The van der Waals surface area contributed by atoms with E-state index in [9.17, 15) is 9.59 Å². The van der Waals surface area contributed by atoms with Gasteiger partial charge in [-0.05, 0) is 20.8 Å². The molecule has 2 rings (SSSR count). The fraction of sp³-hybridized carbons (Fsp3) is 0.556. The zero-order chi connectivity index (χ0) is 17.9. The third-order valence-electron chi connectivity index (χ3n) is 3.79. The average molecular weight is 335 g/mol. The molecule has 2 aliphatic heterocycles. The number of hydrogen-bond acceptors (Lipinski definition) is 5. The average Bonchev–Trinajstić information content (AvgIpc) is 3.09. The van der Waals surface area contributed by atoms with Crippen LogP contribution >= 0.6 is 0 Å². The maximum atomic E-state index is 12.6. The molecule has 0 aromatic carbocycles. The fourth-order valence-corrected chi connectivity index (χ4v) is 2.95. The van der Waals surface area contributed by atoms with Crippen molar-refractivity contribution < 1.29 is 23.8 Å². The van der Waals surface area contributed by atoms with Gasteiger partial charge in [-0.2, -0.15) is 0 Å². The summed E-state index contributed by atoms with van der Waals surface area (Å²) in [6.07, 6.45) is 5.56. The van der Waals surface area contributed by atoms with Crippen LogP contribution in [-0.4, -0.2) is 54.0 Å². The van der Waals surface area contributed by atoms with Gasteiger partial charge in [0.05, 0.1) is 18.2 Å². The van der Waals surface area contributed by atoms with Crippen LogP contribution < -0.4 is 0 Å². The quantitative estimate of drug-likeness (QED) is 0.551. The van der Waals surface area contributed by atoms with E-state index in [-0.39, 0.29) is 19.3 Å². The lowest BCUT2D eigenvalue weighted by Crippen LogP contribution is -2.52. The molecule has 0 aliphatic carbocycles. The summed E-state index contributed by atoms with van der Waals surface area (Å²) >= 11 is 0. The van der Waals surface area contributed by atoms with Gasteiger partial charge in [-0.15, -0.1) is 6.58 Å². The molecule has 4 atom stereocenters. The molecule has 0 aromatic heterocycles. The summed E-state index contributed by atoms with van der Waals surface area (Å²) in [7, 11) is 0. The molecular weight excluding hydrogens is 310 g/mol. The van der Waals surface area contributed by atoms with E-state index in [1.807, 2.05) is 12.2 Å². The molecular formula is C18H25NO5. The predicted molar refractivity (Wildman–Crippen MR) is 89.4 cm³/mol. The summed E-state index contributed by atoms with van der Waals surface area (Å²) in [6, 6.07) is -0.481. The molecule has 1 saturated heterocycles. The Kier molecular flexibility index (Phi) is 5.49. The number of hydrogen-bond donors (Lipinski definition) is 0. The molecule has 0 unspecified atom stereocenters. The van der Waals surface area contributed by atoms with E-state index >= 15 is 0 Å². The van der Waals surface area contributed by atoms with Gasteiger partial charge in [0, 0.05) is 6.54 Å². The van der Waals surface area contributed by atoms with E-state index < -0.39 is 35.7 Å². The van der Waals surface area contributed by atoms with Gasteiger partial charge in [0.2, 0.25) is 0 Å². The highest BCUT2D eigenvalue weighted by atomic mass is 16.6. The van der Waals surface area contributed by atoms with Crippen molar-refractivity contribution in [1.29, 1.82) is 0 Å². The first kappa shape index (κ1) is 18.3. The second-order valence-electron chi connectivity index (χ2n) is 6.81. The van der Waals surface area contributed by atoms with Gasteiger partial charge in [0.1, 0.15) is 18.1 Å². The Labute approximate surface area is 142 Å². The van der Waals surface area contributed by atoms with Crippen LogP contribution in [0.5, 0.6) is 0 Å². The van der Waals surface area contributed by atoms with Crippen molar-refractivity contribution in [3.8, 4) is 0 Å². The molecule has 6 nitrogen and oxygen atoms in total. The lowest BCUT2D eigenvalue weighted by atomic mass is 9.88. The van der Waals surface area contributed by atoms with E-state index in [0.717, 1.165) is 0 Å².